The molecule has 96 valence electrons. The first-order valence-corrected chi connectivity index (χ1v) is 6.07. The molecule has 0 aliphatic rings. The van der Waals surface area contributed by atoms with E-state index in [0.717, 1.165) is 5.69 Å². The largest absolute Gasteiger partial charge is 0.573 e. The second-order valence-electron chi connectivity index (χ2n) is 3.43. The zero-order chi connectivity index (χ0) is 13.2. The summed E-state index contributed by atoms with van der Waals surface area (Å²) in [6.45, 7) is 0. The van der Waals surface area contributed by atoms with E-state index in [1.807, 2.05) is 6.07 Å². The lowest BCUT2D eigenvalue weighted by molar-refractivity contribution is -0.274. The predicted octanol–water partition coefficient (Wildman–Crippen LogP) is 3.67. The maximum absolute atomic E-state index is 12.0. The summed E-state index contributed by atoms with van der Waals surface area (Å²) in [6, 6.07) is 7.32. The minimum Gasteiger partial charge on any atom is -0.406 e. The van der Waals surface area contributed by atoms with Crippen LogP contribution in [0.3, 0.4) is 0 Å². The lowest BCUT2D eigenvalue weighted by Crippen LogP contribution is -2.17. The van der Waals surface area contributed by atoms with Gasteiger partial charge in [-0.25, -0.2) is 4.68 Å². The molecule has 0 amide bonds. The van der Waals surface area contributed by atoms with Crippen LogP contribution in [0.1, 0.15) is 5.69 Å². The van der Waals surface area contributed by atoms with Gasteiger partial charge in [-0.15, -0.1) is 13.2 Å². The molecule has 2 aromatic rings. The van der Waals surface area contributed by atoms with Gasteiger partial charge in [0.2, 0.25) is 0 Å². The molecule has 3 nitrogen and oxygen atoms in total. The third-order valence-electron chi connectivity index (χ3n) is 2.12. The Hall–Kier alpha value is -1.50. The predicted molar refractivity (Wildman–Crippen MR) is 62.9 cm³/mol. The number of ether oxygens (including phenoxy) is 1. The van der Waals surface area contributed by atoms with Gasteiger partial charge in [0.25, 0.3) is 0 Å². The monoisotopic (exact) mass is 320 g/mol. The van der Waals surface area contributed by atoms with Crippen LogP contribution < -0.4 is 4.74 Å². The molecule has 0 saturated heterocycles. The molecule has 1 aromatic heterocycles. The standard InChI is InChI=1S/C11H8BrF3N2O/c12-7-8-5-6-17(16-8)9-1-3-10(4-2-9)18-11(13,14)15/h1-6H,7H2. The zero-order valence-electron chi connectivity index (χ0n) is 8.99. The lowest BCUT2D eigenvalue weighted by Gasteiger charge is -2.09. The molecular weight excluding hydrogens is 313 g/mol. The molecule has 0 bridgehead atoms. The van der Waals surface area contributed by atoms with Crippen molar-refractivity contribution >= 4 is 15.9 Å². The Bertz CT molecular complexity index is 522. The van der Waals surface area contributed by atoms with E-state index in [2.05, 4.69) is 25.8 Å². The molecular formula is C11H8BrF3N2O. The highest BCUT2D eigenvalue weighted by atomic mass is 79.9. The molecule has 0 fully saturated rings. The van der Waals surface area contributed by atoms with Gasteiger partial charge < -0.3 is 4.74 Å². The molecule has 0 N–H and O–H groups in total. The summed E-state index contributed by atoms with van der Waals surface area (Å²) < 4.78 is 41.3. The number of nitrogens with zero attached hydrogens (tertiary/aromatic N) is 2. The first-order valence-electron chi connectivity index (χ1n) is 4.94. The molecule has 0 aliphatic heterocycles. The molecule has 18 heavy (non-hydrogen) atoms. The van der Waals surface area contributed by atoms with Crippen LogP contribution in [-0.2, 0) is 5.33 Å². The number of aromatic nitrogens is 2. The van der Waals surface area contributed by atoms with Gasteiger partial charge in [0.1, 0.15) is 5.75 Å². The van der Waals surface area contributed by atoms with Gasteiger partial charge in [-0.2, -0.15) is 5.10 Å². The van der Waals surface area contributed by atoms with E-state index in [0.29, 0.717) is 11.0 Å². The van der Waals surface area contributed by atoms with Crippen molar-refractivity contribution in [3.05, 3.63) is 42.2 Å². The van der Waals surface area contributed by atoms with Crippen LogP contribution in [0.25, 0.3) is 5.69 Å². The summed E-state index contributed by atoms with van der Waals surface area (Å²) in [5.74, 6) is -0.251. The van der Waals surface area contributed by atoms with E-state index in [9.17, 15) is 13.2 Å². The first kappa shape index (κ1) is 12.9. The highest BCUT2D eigenvalue weighted by molar-refractivity contribution is 9.08. The smallest absolute Gasteiger partial charge is 0.406 e. The molecule has 7 heteroatoms. The summed E-state index contributed by atoms with van der Waals surface area (Å²) >= 11 is 3.27. The van der Waals surface area contributed by atoms with Crippen LogP contribution in [-0.4, -0.2) is 16.1 Å². The zero-order valence-corrected chi connectivity index (χ0v) is 10.6. The van der Waals surface area contributed by atoms with Crippen molar-refractivity contribution in [2.75, 3.05) is 0 Å². The number of rotatable bonds is 3. The van der Waals surface area contributed by atoms with E-state index < -0.39 is 6.36 Å². The molecule has 1 aromatic carbocycles. The van der Waals surface area contributed by atoms with Crippen LogP contribution in [0.15, 0.2) is 36.5 Å². The van der Waals surface area contributed by atoms with Crippen molar-refractivity contribution < 1.29 is 17.9 Å². The maximum Gasteiger partial charge on any atom is 0.573 e. The topological polar surface area (TPSA) is 27.1 Å². The van der Waals surface area contributed by atoms with Gasteiger partial charge in [0.05, 0.1) is 11.4 Å². The molecule has 0 saturated carbocycles. The highest BCUT2D eigenvalue weighted by Gasteiger charge is 2.30. The van der Waals surface area contributed by atoms with Crippen LogP contribution in [0.4, 0.5) is 13.2 Å². The second kappa shape index (κ2) is 5.01. The number of hydrogen-bond donors (Lipinski definition) is 0. The Morgan fingerprint density at radius 2 is 1.83 bits per heavy atom. The van der Waals surface area contributed by atoms with E-state index in [4.69, 9.17) is 0 Å². The Labute approximate surface area is 109 Å². The summed E-state index contributed by atoms with van der Waals surface area (Å²) in [6.07, 6.45) is -2.94. The van der Waals surface area contributed by atoms with Crippen molar-refractivity contribution in [1.82, 2.24) is 9.78 Å². The number of alkyl halides is 4. The van der Waals surface area contributed by atoms with Gasteiger partial charge in [-0.05, 0) is 30.3 Å². The SMILES string of the molecule is FC(F)(F)Oc1ccc(-n2ccc(CBr)n2)cc1. The Morgan fingerprint density at radius 3 is 2.33 bits per heavy atom. The summed E-state index contributed by atoms with van der Waals surface area (Å²) in [4.78, 5) is 0. The number of hydrogen-bond acceptors (Lipinski definition) is 2. The van der Waals surface area contributed by atoms with Crippen molar-refractivity contribution in [3.63, 3.8) is 0 Å². The highest BCUT2D eigenvalue weighted by Crippen LogP contribution is 2.23. The van der Waals surface area contributed by atoms with Gasteiger partial charge >= 0.3 is 6.36 Å². The quantitative estimate of drug-likeness (QED) is 0.807. The second-order valence-corrected chi connectivity index (χ2v) is 3.99. The lowest BCUT2D eigenvalue weighted by atomic mass is 10.3. The molecule has 0 radical (unpaired) electrons. The van der Waals surface area contributed by atoms with E-state index in [1.165, 1.54) is 24.3 Å². The molecule has 0 atom stereocenters. The fraction of sp³-hybridized carbons (Fsp3) is 0.182. The van der Waals surface area contributed by atoms with E-state index in [-0.39, 0.29) is 5.75 Å². The fourth-order valence-electron chi connectivity index (χ4n) is 1.38. The number of benzene rings is 1. The van der Waals surface area contributed by atoms with Crippen LogP contribution in [0.2, 0.25) is 0 Å². The van der Waals surface area contributed by atoms with Crippen molar-refractivity contribution in [2.24, 2.45) is 0 Å². The van der Waals surface area contributed by atoms with Gasteiger partial charge in [0.15, 0.2) is 0 Å². The fourth-order valence-corrected chi connectivity index (χ4v) is 1.68. The molecule has 2 rings (SSSR count). The average Bonchev–Trinajstić information content (AvgIpc) is 2.76. The molecule has 0 aliphatic carbocycles. The van der Waals surface area contributed by atoms with Crippen LogP contribution in [0, 0.1) is 0 Å². The summed E-state index contributed by atoms with van der Waals surface area (Å²) in [7, 11) is 0. The Kier molecular flexibility index (Phi) is 3.60. The first-order chi connectivity index (χ1) is 8.48. The minimum atomic E-state index is -4.67. The molecule has 1 heterocycles. The summed E-state index contributed by atoms with van der Waals surface area (Å²) in [5, 5.41) is 4.83. The molecule has 0 unspecified atom stereocenters. The molecule has 0 spiro atoms. The van der Waals surface area contributed by atoms with Crippen molar-refractivity contribution in [2.45, 2.75) is 11.7 Å². The Balaban J connectivity index is 2.17. The van der Waals surface area contributed by atoms with Gasteiger partial charge in [-0.1, -0.05) is 15.9 Å². The van der Waals surface area contributed by atoms with Crippen molar-refractivity contribution in [1.29, 1.82) is 0 Å². The van der Waals surface area contributed by atoms with E-state index >= 15 is 0 Å². The van der Waals surface area contributed by atoms with E-state index in [1.54, 1.807) is 10.9 Å². The van der Waals surface area contributed by atoms with Crippen LogP contribution in [0.5, 0.6) is 5.75 Å². The van der Waals surface area contributed by atoms with Crippen molar-refractivity contribution in [3.8, 4) is 11.4 Å². The average molecular weight is 321 g/mol. The minimum absolute atomic E-state index is 0.251. The van der Waals surface area contributed by atoms with Crippen LogP contribution >= 0.6 is 15.9 Å². The normalized spacial score (nSPS) is 11.6. The number of halogens is 4. The third-order valence-corrected chi connectivity index (χ3v) is 2.69. The Morgan fingerprint density at radius 1 is 1.17 bits per heavy atom. The van der Waals surface area contributed by atoms with Gasteiger partial charge in [0, 0.05) is 11.5 Å². The summed E-state index contributed by atoms with van der Waals surface area (Å²) in [5.41, 5.74) is 1.50. The third kappa shape index (κ3) is 3.25. The maximum atomic E-state index is 12.0. The van der Waals surface area contributed by atoms with Gasteiger partial charge in [-0.3, -0.25) is 0 Å².